The van der Waals surface area contributed by atoms with Crippen LogP contribution >= 0.6 is 0 Å². The molecule has 4 heteroatoms. The van der Waals surface area contributed by atoms with Crippen molar-refractivity contribution in [1.29, 1.82) is 0 Å². The van der Waals surface area contributed by atoms with Gasteiger partial charge in [-0.05, 0) is 29.8 Å². The number of aromatic hydroxyl groups is 1. The number of benzene rings is 2. The van der Waals surface area contributed by atoms with Crippen molar-refractivity contribution in [3.05, 3.63) is 60.3 Å². The summed E-state index contributed by atoms with van der Waals surface area (Å²) in [5, 5.41) is 14.2. The van der Waals surface area contributed by atoms with Crippen LogP contribution in [0.25, 0.3) is 10.9 Å². The Bertz CT molecular complexity index is 772. The fraction of sp³-hybridized carbons (Fsp3) is 0.118. The average molecular weight is 280 g/mol. The molecule has 1 heterocycles. The van der Waals surface area contributed by atoms with E-state index in [1.54, 1.807) is 12.1 Å². The molecule has 21 heavy (non-hydrogen) atoms. The van der Waals surface area contributed by atoms with Crippen molar-refractivity contribution < 1.29 is 9.84 Å². The van der Waals surface area contributed by atoms with Crippen molar-refractivity contribution >= 4 is 16.6 Å². The molecular weight excluding hydrogens is 264 g/mol. The quantitative estimate of drug-likeness (QED) is 0.767. The van der Waals surface area contributed by atoms with E-state index in [4.69, 9.17) is 4.74 Å². The Kier molecular flexibility index (Phi) is 3.60. The zero-order chi connectivity index (χ0) is 14.7. The highest BCUT2D eigenvalue weighted by molar-refractivity contribution is 5.81. The number of rotatable bonds is 4. The number of aromatic nitrogens is 1. The van der Waals surface area contributed by atoms with Crippen molar-refractivity contribution in [3.63, 3.8) is 0 Å². The number of methoxy groups -OCH3 is 1. The van der Waals surface area contributed by atoms with Gasteiger partial charge >= 0.3 is 0 Å². The number of phenolic OH excluding ortho intramolecular Hbond substituents is 1. The van der Waals surface area contributed by atoms with E-state index in [9.17, 15) is 5.11 Å². The summed E-state index contributed by atoms with van der Waals surface area (Å²) in [6.07, 6.45) is 1.81. The SMILES string of the molecule is COc1ccc(CNc2cnc3ccccc3c2)cc1O. The summed E-state index contributed by atoms with van der Waals surface area (Å²) in [6, 6.07) is 15.4. The van der Waals surface area contributed by atoms with Gasteiger partial charge in [-0.2, -0.15) is 0 Å². The van der Waals surface area contributed by atoms with E-state index in [1.165, 1.54) is 7.11 Å². The Morgan fingerprint density at radius 3 is 2.81 bits per heavy atom. The Labute approximate surface area is 123 Å². The zero-order valence-corrected chi connectivity index (χ0v) is 11.7. The molecule has 0 saturated heterocycles. The number of fused-ring (bicyclic) bond motifs is 1. The van der Waals surface area contributed by atoms with Crippen LogP contribution in [-0.4, -0.2) is 17.2 Å². The van der Waals surface area contributed by atoms with Crippen LogP contribution in [0.15, 0.2) is 54.7 Å². The van der Waals surface area contributed by atoms with Gasteiger partial charge in [0.05, 0.1) is 24.5 Å². The van der Waals surface area contributed by atoms with Crippen molar-refractivity contribution in [3.8, 4) is 11.5 Å². The smallest absolute Gasteiger partial charge is 0.160 e. The van der Waals surface area contributed by atoms with Gasteiger partial charge in [0.15, 0.2) is 11.5 Å². The van der Waals surface area contributed by atoms with Crippen LogP contribution < -0.4 is 10.1 Å². The lowest BCUT2D eigenvalue weighted by Crippen LogP contribution is -2.00. The molecule has 0 fully saturated rings. The first-order valence-corrected chi connectivity index (χ1v) is 6.71. The summed E-state index contributed by atoms with van der Waals surface area (Å²) in [4.78, 5) is 4.41. The topological polar surface area (TPSA) is 54.4 Å². The number of hydrogen-bond acceptors (Lipinski definition) is 4. The third-order valence-electron chi connectivity index (χ3n) is 3.33. The highest BCUT2D eigenvalue weighted by Crippen LogP contribution is 2.26. The van der Waals surface area contributed by atoms with Gasteiger partial charge in [-0.3, -0.25) is 4.98 Å². The Balaban J connectivity index is 1.75. The van der Waals surface area contributed by atoms with Gasteiger partial charge in [0.25, 0.3) is 0 Å². The van der Waals surface area contributed by atoms with Crippen molar-refractivity contribution in [2.45, 2.75) is 6.54 Å². The number of ether oxygens (including phenoxy) is 1. The highest BCUT2D eigenvalue weighted by atomic mass is 16.5. The lowest BCUT2D eigenvalue weighted by molar-refractivity contribution is 0.373. The molecule has 0 atom stereocenters. The third kappa shape index (κ3) is 2.89. The van der Waals surface area contributed by atoms with E-state index in [0.717, 1.165) is 22.2 Å². The molecule has 2 aromatic carbocycles. The molecule has 0 spiro atoms. The minimum absolute atomic E-state index is 0.147. The third-order valence-corrected chi connectivity index (χ3v) is 3.33. The Morgan fingerprint density at radius 2 is 2.00 bits per heavy atom. The second-order valence-electron chi connectivity index (χ2n) is 4.78. The molecule has 3 rings (SSSR count). The predicted octanol–water partition coefficient (Wildman–Crippen LogP) is 3.56. The van der Waals surface area contributed by atoms with E-state index in [-0.39, 0.29) is 5.75 Å². The fourth-order valence-corrected chi connectivity index (χ4v) is 2.22. The van der Waals surface area contributed by atoms with E-state index in [0.29, 0.717) is 12.3 Å². The zero-order valence-electron chi connectivity index (χ0n) is 11.7. The first kappa shape index (κ1) is 13.2. The van der Waals surface area contributed by atoms with Gasteiger partial charge in [-0.1, -0.05) is 24.3 Å². The lowest BCUT2D eigenvalue weighted by Gasteiger charge is -2.09. The lowest BCUT2D eigenvalue weighted by atomic mass is 10.2. The van der Waals surface area contributed by atoms with Gasteiger partial charge in [-0.15, -0.1) is 0 Å². The average Bonchev–Trinajstić information content (AvgIpc) is 2.53. The number of pyridine rings is 1. The van der Waals surface area contributed by atoms with Crippen molar-refractivity contribution in [1.82, 2.24) is 4.98 Å². The van der Waals surface area contributed by atoms with Crippen LogP contribution in [0.4, 0.5) is 5.69 Å². The molecule has 2 N–H and O–H groups in total. The first-order chi connectivity index (χ1) is 10.3. The van der Waals surface area contributed by atoms with Crippen LogP contribution in [0, 0.1) is 0 Å². The number of nitrogens with one attached hydrogen (secondary N) is 1. The highest BCUT2D eigenvalue weighted by Gasteiger charge is 2.03. The minimum Gasteiger partial charge on any atom is -0.504 e. The van der Waals surface area contributed by atoms with Gasteiger partial charge in [-0.25, -0.2) is 0 Å². The van der Waals surface area contributed by atoms with Gasteiger partial charge < -0.3 is 15.2 Å². The molecule has 0 aliphatic carbocycles. The second-order valence-corrected chi connectivity index (χ2v) is 4.78. The van der Waals surface area contributed by atoms with E-state index < -0.39 is 0 Å². The van der Waals surface area contributed by atoms with E-state index in [1.807, 2.05) is 36.5 Å². The maximum absolute atomic E-state index is 9.76. The molecule has 0 amide bonds. The number of phenols is 1. The van der Waals surface area contributed by atoms with Gasteiger partial charge in [0.1, 0.15) is 0 Å². The maximum atomic E-state index is 9.76. The maximum Gasteiger partial charge on any atom is 0.160 e. The molecule has 0 saturated carbocycles. The molecule has 4 nitrogen and oxygen atoms in total. The van der Waals surface area contributed by atoms with Crippen molar-refractivity contribution in [2.75, 3.05) is 12.4 Å². The summed E-state index contributed by atoms with van der Waals surface area (Å²) in [7, 11) is 1.54. The van der Waals surface area contributed by atoms with Crippen LogP contribution in [0.2, 0.25) is 0 Å². The predicted molar refractivity (Wildman–Crippen MR) is 83.7 cm³/mol. The number of para-hydroxylation sites is 1. The van der Waals surface area contributed by atoms with Crippen LogP contribution in [-0.2, 0) is 6.54 Å². The molecule has 0 aliphatic heterocycles. The molecule has 106 valence electrons. The van der Waals surface area contributed by atoms with Gasteiger partial charge in [0.2, 0.25) is 0 Å². The summed E-state index contributed by atoms with van der Waals surface area (Å²) in [5.74, 6) is 0.625. The summed E-state index contributed by atoms with van der Waals surface area (Å²) in [6.45, 7) is 0.609. The summed E-state index contributed by atoms with van der Waals surface area (Å²) >= 11 is 0. The molecule has 0 aliphatic rings. The van der Waals surface area contributed by atoms with Crippen LogP contribution in [0.5, 0.6) is 11.5 Å². The monoisotopic (exact) mass is 280 g/mol. The largest absolute Gasteiger partial charge is 0.504 e. The normalized spacial score (nSPS) is 10.5. The molecule has 0 bridgehead atoms. The minimum atomic E-state index is 0.147. The number of nitrogens with zero attached hydrogens (tertiary/aromatic N) is 1. The molecule has 0 radical (unpaired) electrons. The summed E-state index contributed by atoms with van der Waals surface area (Å²) in [5.41, 5.74) is 2.90. The molecular formula is C17H16N2O2. The van der Waals surface area contributed by atoms with Crippen LogP contribution in [0.3, 0.4) is 0 Å². The standard InChI is InChI=1S/C17H16N2O2/c1-21-17-7-6-12(8-16(17)20)10-18-14-9-13-4-2-3-5-15(13)19-11-14/h2-9,11,18,20H,10H2,1H3. The molecule has 3 aromatic rings. The Morgan fingerprint density at radius 1 is 1.14 bits per heavy atom. The summed E-state index contributed by atoms with van der Waals surface area (Å²) < 4.78 is 5.03. The number of hydrogen-bond donors (Lipinski definition) is 2. The number of anilines is 1. The van der Waals surface area contributed by atoms with Crippen molar-refractivity contribution in [2.24, 2.45) is 0 Å². The van der Waals surface area contributed by atoms with E-state index >= 15 is 0 Å². The first-order valence-electron chi connectivity index (χ1n) is 6.71. The van der Waals surface area contributed by atoms with Crippen LogP contribution in [0.1, 0.15) is 5.56 Å². The molecule has 1 aromatic heterocycles. The second kappa shape index (κ2) is 5.71. The Hall–Kier alpha value is -2.75. The van der Waals surface area contributed by atoms with Gasteiger partial charge in [0, 0.05) is 11.9 Å². The van der Waals surface area contributed by atoms with E-state index in [2.05, 4.69) is 16.4 Å². The molecule has 0 unspecified atom stereocenters. The fourth-order valence-electron chi connectivity index (χ4n) is 2.22.